The van der Waals surface area contributed by atoms with Crippen molar-refractivity contribution in [2.75, 3.05) is 6.54 Å². The van der Waals surface area contributed by atoms with Crippen LogP contribution in [0.4, 0.5) is 0 Å². The first-order valence-electron chi connectivity index (χ1n) is 6.27. The third kappa shape index (κ3) is 3.54. The van der Waals surface area contributed by atoms with E-state index in [0.717, 1.165) is 18.0 Å². The molecular weight excluding hydrogens is 234 g/mol. The summed E-state index contributed by atoms with van der Waals surface area (Å²) in [6.45, 7) is 1.68. The lowest BCUT2D eigenvalue weighted by Gasteiger charge is -2.09. The van der Waals surface area contributed by atoms with E-state index in [-0.39, 0.29) is 0 Å². The molecule has 2 rings (SSSR count). The van der Waals surface area contributed by atoms with Crippen molar-refractivity contribution in [1.29, 1.82) is 0 Å². The molecule has 0 atom stereocenters. The zero-order chi connectivity index (χ0) is 12.1. The zero-order valence-corrected chi connectivity index (χ0v) is 10.8. The van der Waals surface area contributed by atoms with Gasteiger partial charge in [0.15, 0.2) is 0 Å². The lowest BCUT2D eigenvalue weighted by atomic mass is 10.0. The fraction of sp³-hybridized carbons (Fsp3) is 0.615. The van der Waals surface area contributed by atoms with Crippen molar-refractivity contribution in [1.82, 2.24) is 5.32 Å². The summed E-state index contributed by atoms with van der Waals surface area (Å²) in [5.74, 6) is 0.0801. The third-order valence-corrected chi connectivity index (χ3v) is 4.41. The maximum atomic E-state index is 10.9. The first-order chi connectivity index (χ1) is 8.27. The van der Waals surface area contributed by atoms with E-state index in [1.807, 2.05) is 11.4 Å². The summed E-state index contributed by atoms with van der Waals surface area (Å²) in [7, 11) is 0. The van der Waals surface area contributed by atoms with Crippen molar-refractivity contribution in [3.05, 3.63) is 21.9 Å². The normalized spacial score (nSPS) is 16.5. The van der Waals surface area contributed by atoms with E-state index >= 15 is 0 Å². The van der Waals surface area contributed by atoms with Crippen LogP contribution >= 0.6 is 11.3 Å². The molecule has 4 heteroatoms. The molecule has 3 nitrogen and oxygen atoms in total. The van der Waals surface area contributed by atoms with E-state index < -0.39 is 5.97 Å². The average molecular weight is 253 g/mol. The molecule has 0 radical (unpaired) electrons. The number of hydrogen-bond acceptors (Lipinski definition) is 3. The molecule has 0 saturated heterocycles. The molecule has 0 bridgehead atoms. The summed E-state index contributed by atoms with van der Waals surface area (Å²) in [5, 5.41) is 14.2. The summed E-state index contributed by atoms with van der Waals surface area (Å²) in [6.07, 6.45) is 6.75. The Bertz CT molecular complexity index is 369. The summed E-state index contributed by atoms with van der Waals surface area (Å²) < 4.78 is 0. The van der Waals surface area contributed by atoms with Gasteiger partial charge >= 0.3 is 5.97 Å². The molecule has 1 aliphatic rings. The molecule has 94 valence electrons. The average Bonchev–Trinajstić information content (AvgIpc) is 2.95. The van der Waals surface area contributed by atoms with Crippen molar-refractivity contribution in [3.8, 4) is 0 Å². The summed E-state index contributed by atoms with van der Waals surface area (Å²) in [4.78, 5) is 11.4. The number of rotatable bonds is 6. The minimum Gasteiger partial charge on any atom is -0.477 e. The van der Waals surface area contributed by atoms with Crippen LogP contribution in [0.15, 0.2) is 11.4 Å². The highest BCUT2D eigenvalue weighted by atomic mass is 32.1. The maximum Gasteiger partial charge on any atom is 0.346 e. The molecule has 0 spiro atoms. The van der Waals surface area contributed by atoms with Gasteiger partial charge < -0.3 is 10.4 Å². The Labute approximate surface area is 106 Å². The second-order valence-corrected chi connectivity index (χ2v) is 5.61. The van der Waals surface area contributed by atoms with Gasteiger partial charge in [-0.05, 0) is 35.9 Å². The number of aromatic carboxylic acids is 1. The van der Waals surface area contributed by atoms with Crippen molar-refractivity contribution in [3.63, 3.8) is 0 Å². The summed E-state index contributed by atoms with van der Waals surface area (Å²) in [5.41, 5.74) is 0.911. The van der Waals surface area contributed by atoms with Crippen LogP contribution in [0.5, 0.6) is 0 Å². The van der Waals surface area contributed by atoms with Gasteiger partial charge in [0.1, 0.15) is 4.88 Å². The lowest BCUT2D eigenvalue weighted by Crippen LogP contribution is -2.17. The van der Waals surface area contributed by atoms with Crippen molar-refractivity contribution >= 4 is 17.3 Å². The maximum absolute atomic E-state index is 10.9. The Morgan fingerprint density at radius 2 is 2.24 bits per heavy atom. The fourth-order valence-electron chi connectivity index (χ4n) is 2.49. The first kappa shape index (κ1) is 12.6. The molecule has 1 aromatic rings. The van der Waals surface area contributed by atoms with Gasteiger partial charge in [-0.15, -0.1) is 11.3 Å². The molecule has 1 heterocycles. The minimum absolute atomic E-state index is 0.471. The fourth-order valence-corrected chi connectivity index (χ4v) is 3.25. The van der Waals surface area contributed by atoms with Crippen LogP contribution in [-0.2, 0) is 6.54 Å². The lowest BCUT2D eigenvalue weighted by molar-refractivity contribution is 0.0701. The second kappa shape index (κ2) is 6.17. The summed E-state index contributed by atoms with van der Waals surface area (Å²) in [6, 6.07) is 1.90. The molecule has 0 amide bonds. The van der Waals surface area contributed by atoms with E-state index in [9.17, 15) is 4.79 Å². The molecule has 0 aromatic carbocycles. The quantitative estimate of drug-likeness (QED) is 0.766. The van der Waals surface area contributed by atoms with Gasteiger partial charge in [-0.2, -0.15) is 0 Å². The smallest absolute Gasteiger partial charge is 0.346 e. The van der Waals surface area contributed by atoms with Crippen molar-refractivity contribution in [2.45, 2.75) is 38.6 Å². The molecular formula is C13H19NO2S. The van der Waals surface area contributed by atoms with E-state index in [4.69, 9.17) is 5.11 Å². The predicted octanol–water partition coefficient (Wildman–Crippen LogP) is 3.12. The Morgan fingerprint density at radius 3 is 2.94 bits per heavy atom. The van der Waals surface area contributed by atoms with Gasteiger partial charge in [0.25, 0.3) is 0 Å². The first-order valence-corrected chi connectivity index (χ1v) is 7.15. The molecule has 1 aromatic heterocycles. The Hall–Kier alpha value is -0.870. The highest BCUT2D eigenvalue weighted by molar-refractivity contribution is 7.12. The zero-order valence-electron chi connectivity index (χ0n) is 9.95. The van der Waals surface area contributed by atoms with Gasteiger partial charge in [0.2, 0.25) is 0 Å². The number of thiophene rings is 1. The molecule has 0 unspecified atom stereocenters. The largest absolute Gasteiger partial charge is 0.477 e. The summed E-state index contributed by atoms with van der Waals surface area (Å²) >= 11 is 1.30. The molecule has 1 aliphatic carbocycles. The van der Waals surface area contributed by atoms with E-state index in [1.165, 1.54) is 43.4 Å². The van der Waals surface area contributed by atoms with Crippen LogP contribution in [0.3, 0.4) is 0 Å². The highest BCUT2D eigenvalue weighted by Crippen LogP contribution is 2.27. The minimum atomic E-state index is -0.812. The molecule has 1 fully saturated rings. The van der Waals surface area contributed by atoms with E-state index in [0.29, 0.717) is 11.4 Å². The van der Waals surface area contributed by atoms with E-state index in [2.05, 4.69) is 5.32 Å². The number of carboxylic acids is 1. The van der Waals surface area contributed by atoms with Gasteiger partial charge in [-0.3, -0.25) is 0 Å². The van der Waals surface area contributed by atoms with Crippen LogP contribution in [0.2, 0.25) is 0 Å². The van der Waals surface area contributed by atoms with Crippen molar-refractivity contribution in [2.24, 2.45) is 5.92 Å². The van der Waals surface area contributed by atoms with Crippen LogP contribution in [0.25, 0.3) is 0 Å². The predicted molar refractivity (Wildman–Crippen MR) is 69.6 cm³/mol. The van der Waals surface area contributed by atoms with Gasteiger partial charge in [-0.1, -0.05) is 25.7 Å². The molecule has 1 saturated carbocycles. The standard InChI is InChI=1S/C13H19NO2S/c15-13(16)12-11(6-8-17-12)9-14-7-5-10-3-1-2-4-10/h6,8,10,14H,1-5,7,9H2,(H,15,16). The Balaban J connectivity index is 1.70. The number of hydrogen-bond donors (Lipinski definition) is 2. The SMILES string of the molecule is O=C(O)c1sccc1CNCCC1CCCC1. The number of carboxylic acid groups (broad SMARTS) is 1. The third-order valence-electron chi connectivity index (χ3n) is 3.46. The van der Waals surface area contributed by atoms with Gasteiger partial charge in [0.05, 0.1) is 0 Å². The van der Waals surface area contributed by atoms with Crippen LogP contribution in [-0.4, -0.2) is 17.6 Å². The second-order valence-electron chi connectivity index (χ2n) is 4.70. The Kier molecular flexibility index (Phi) is 4.57. The molecule has 17 heavy (non-hydrogen) atoms. The highest BCUT2D eigenvalue weighted by Gasteiger charge is 2.14. The monoisotopic (exact) mass is 253 g/mol. The van der Waals surface area contributed by atoms with Crippen LogP contribution < -0.4 is 5.32 Å². The topological polar surface area (TPSA) is 49.3 Å². The number of carbonyl (C=O) groups is 1. The molecule has 2 N–H and O–H groups in total. The van der Waals surface area contributed by atoms with Gasteiger partial charge in [0, 0.05) is 6.54 Å². The van der Waals surface area contributed by atoms with Crippen LogP contribution in [0, 0.1) is 5.92 Å². The van der Waals surface area contributed by atoms with Crippen molar-refractivity contribution < 1.29 is 9.90 Å². The molecule has 0 aliphatic heterocycles. The van der Waals surface area contributed by atoms with Gasteiger partial charge in [-0.25, -0.2) is 4.79 Å². The Morgan fingerprint density at radius 1 is 1.47 bits per heavy atom. The van der Waals surface area contributed by atoms with E-state index in [1.54, 1.807) is 0 Å². The van der Waals surface area contributed by atoms with Crippen LogP contribution in [0.1, 0.15) is 47.3 Å². The number of nitrogens with one attached hydrogen (secondary N) is 1.